The second-order valence-corrected chi connectivity index (χ2v) is 4.90. The molecule has 0 aliphatic heterocycles. The van der Waals surface area contributed by atoms with Crippen molar-refractivity contribution in [3.63, 3.8) is 0 Å². The van der Waals surface area contributed by atoms with E-state index < -0.39 is 6.10 Å². The molecule has 0 bridgehead atoms. The van der Waals surface area contributed by atoms with Gasteiger partial charge in [-0.25, -0.2) is 4.68 Å². The molecule has 1 unspecified atom stereocenters. The van der Waals surface area contributed by atoms with Gasteiger partial charge in [-0.05, 0) is 19.1 Å². The number of hydrogen-bond acceptors (Lipinski definition) is 6. The fourth-order valence-electron chi connectivity index (χ4n) is 1.78. The van der Waals surface area contributed by atoms with Gasteiger partial charge in [0.15, 0.2) is 0 Å². The Hall–Kier alpha value is -2.25. The summed E-state index contributed by atoms with van der Waals surface area (Å²) in [7, 11) is 0. The van der Waals surface area contributed by atoms with Gasteiger partial charge in [0.2, 0.25) is 11.8 Å². The van der Waals surface area contributed by atoms with Crippen LogP contribution in [0.25, 0.3) is 11.5 Å². The Morgan fingerprint density at radius 1 is 1.29 bits per heavy atom. The molecule has 1 atom stereocenters. The van der Waals surface area contributed by atoms with E-state index in [9.17, 15) is 5.11 Å². The first-order valence-electron chi connectivity index (χ1n) is 6.29. The van der Waals surface area contributed by atoms with Gasteiger partial charge >= 0.3 is 0 Å². The van der Waals surface area contributed by atoms with E-state index in [2.05, 4.69) is 20.5 Å². The van der Waals surface area contributed by atoms with E-state index >= 15 is 0 Å². The fraction of sp³-hybridized carbons (Fsp3) is 0.231. The Morgan fingerprint density at radius 3 is 2.81 bits per heavy atom. The summed E-state index contributed by atoms with van der Waals surface area (Å²) in [5, 5.41) is 25.6. The first kappa shape index (κ1) is 13.7. The first-order chi connectivity index (χ1) is 10.1. The van der Waals surface area contributed by atoms with Crippen molar-refractivity contribution in [2.45, 2.75) is 19.6 Å². The summed E-state index contributed by atoms with van der Waals surface area (Å²) in [4.78, 5) is 0. The van der Waals surface area contributed by atoms with Crippen LogP contribution in [0.5, 0.6) is 0 Å². The highest BCUT2D eigenvalue weighted by molar-refractivity contribution is 6.33. The third kappa shape index (κ3) is 2.93. The maximum atomic E-state index is 9.40. The third-order valence-electron chi connectivity index (χ3n) is 2.85. The van der Waals surface area contributed by atoms with Gasteiger partial charge in [-0.3, -0.25) is 0 Å². The minimum atomic E-state index is -0.667. The van der Waals surface area contributed by atoms with Crippen LogP contribution in [-0.2, 0) is 6.54 Å². The molecular weight excluding hydrogens is 294 g/mol. The summed E-state index contributed by atoms with van der Waals surface area (Å²) in [6.45, 7) is 1.90. The maximum Gasteiger partial charge on any atom is 0.249 e. The van der Waals surface area contributed by atoms with Crippen LogP contribution in [0.2, 0.25) is 5.02 Å². The summed E-state index contributed by atoms with van der Waals surface area (Å²) in [6, 6.07) is 7.24. The van der Waals surface area contributed by atoms with Crippen LogP contribution in [0.3, 0.4) is 0 Å². The van der Waals surface area contributed by atoms with Crippen molar-refractivity contribution < 1.29 is 9.52 Å². The van der Waals surface area contributed by atoms with Crippen molar-refractivity contribution in [1.82, 2.24) is 25.2 Å². The minimum Gasteiger partial charge on any atom is -0.419 e. The molecule has 3 aromatic rings. The largest absolute Gasteiger partial charge is 0.419 e. The van der Waals surface area contributed by atoms with E-state index in [4.69, 9.17) is 16.0 Å². The molecule has 0 radical (unpaired) electrons. The first-order valence-corrected chi connectivity index (χ1v) is 6.66. The zero-order valence-electron chi connectivity index (χ0n) is 11.1. The molecule has 0 aliphatic rings. The zero-order valence-corrected chi connectivity index (χ0v) is 11.9. The molecular formula is C13H12ClN5O2. The van der Waals surface area contributed by atoms with Crippen molar-refractivity contribution in [1.29, 1.82) is 0 Å². The Bertz CT molecular complexity index is 752. The second-order valence-electron chi connectivity index (χ2n) is 4.50. The van der Waals surface area contributed by atoms with Crippen LogP contribution in [0.15, 0.2) is 34.9 Å². The van der Waals surface area contributed by atoms with Crippen LogP contribution in [-0.4, -0.2) is 30.3 Å². The van der Waals surface area contributed by atoms with Gasteiger partial charge in [-0.1, -0.05) is 28.9 Å². The third-order valence-corrected chi connectivity index (χ3v) is 3.18. The van der Waals surface area contributed by atoms with Gasteiger partial charge in [0.05, 0.1) is 22.9 Å². The van der Waals surface area contributed by atoms with Crippen molar-refractivity contribution in [3.05, 3.63) is 47.1 Å². The molecule has 108 valence electrons. The second kappa shape index (κ2) is 5.63. The predicted octanol–water partition coefficient (Wildman–Crippen LogP) is 2.08. The quantitative estimate of drug-likeness (QED) is 0.793. The number of rotatable bonds is 4. The van der Waals surface area contributed by atoms with Gasteiger partial charge in [-0.15, -0.1) is 15.3 Å². The molecule has 7 nitrogen and oxygen atoms in total. The molecule has 21 heavy (non-hydrogen) atoms. The molecule has 3 rings (SSSR count). The van der Waals surface area contributed by atoms with E-state index in [1.165, 1.54) is 4.68 Å². The SMILES string of the molecule is CC(O)c1cn(Cc2nnc(-c3ccccc3Cl)o2)nn1. The Morgan fingerprint density at radius 2 is 2.10 bits per heavy atom. The molecule has 2 heterocycles. The topological polar surface area (TPSA) is 89.9 Å². The van der Waals surface area contributed by atoms with Crippen molar-refractivity contribution in [3.8, 4) is 11.5 Å². The van der Waals surface area contributed by atoms with Crippen molar-refractivity contribution >= 4 is 11.6 Å². The Balaban J connectivity index is 1.80. The summed E-state index contributed by atoms with van der Waals surface area (Å²) in [5.74, 6) is 0.735. The van der Waals surface area contributed by atoms with Crippen molar-refractivity contribution in [2.24, 2.45) is 0 Å². The Kier molecular flexibility index (Phi) is 3.68. The number of nitrogens with zero attached hydrogens (tertiary/aromatic N) is 5. The summed E-state index contributed by atoms with van der Waals surface area (Å²) >= 11 is 6.08. The maximum absolute atomic E-state index is 9.40. The molecule has 8 heteroatoms. The number of benzene rings is 1. The van der Waals surface area contributed by atoms with Crippen molar-refractivity contribution in [2.75, 3.05) is 0 Å². The Labute approximate surface area is 125 Å². The highest BCUT2D eigenvalue weighted by atomic mass is 35.5. The van der Waals surface area contributed by atoms with E-state index in [0.717, 1.165) is 0 Å². The highest BCUT2D eigenvalue weighted by Gasteiger charge is 2.13. The van der Waals surface area contributed by atoms with Crippen LogP contribution in [0.1, 0.15) is 24.6 Å². The molecule has 0 amide bonds. The van der Waals surface area contributed by atoms with E-state index in [0.29, 0.717) is 28.1 Å². The van der Waals surface area contributed by atoms with Crippen LogP contribution >= 0.6 is 11.6 Å². The average molecular weight is 306 g/mol. The van der Waals surface area contributed by atoms with E-state index in [1.54, 1.807) is 25.3 Å². The number of aliphatic hydroxyl groups excluding tert-OH is 1. The summed E-state index contributed by atoms with van der Waals surface area (Å²) in [5.41, 5.74) is 1.17. The molecule has 0 spiro atoms. The minimum absolute atomic E-state index is 0.275. The lowest BCUT2D eigenvalue weighted by Crippen LogP contribution is -2.00. The van der Waals surface area contributed by atoms with E-state index in [1.807, 2.05) is 12.1 Å². The van der Waals surface area contributed by atoms with Gasteiger partial charge in [0, 0.05) is 0 Å². The average Bonchev–Trinajstić information content (AvgIpc) is 3.09. The fourth-order valence-corrected chi connectivity index (χ4v) is 2.00. The van der Waals surface area contributed by atoms with Crippen LogP contribution in [0, 0.1) is 0 Å². The van der Waals surface area contributed by atoms with Gasteiger partial charge in [0.1, 0.15) is 12.2 Å². The molecule has 0 fully saturated rings. The van der Waals surface area contributed by atoms with Gasteiger partial charge < -0.3 is 9.52 Å². The highest BCUT2D eigenvalue weighted by Crippen LogP contribution is 2.26. The number of aromatic nitrogens is 5. The van der Waals surface area contributed by atoms with E-state index in [-0.39, 0.29) is 6.54 Å². The number of aliphatic hydroxyl groups is 1. The molecule has 1 N–H and O–H groups in total. The lowest BCUT2D eigenvalue weighted by Gasteiger charge is -1.97. The standard InChI is InChI=1S/C13H12ClN5O2/c1-8(20)11-6-19(18-15-11)7-12-16-17-13(21-12)9-4-2-3-5-10(9)14/h2-6,8,20H,7H2,1H3. The summed E-state index contributed by atoms with van der Waals surface area (Å²) < 4.78 is 7.09. The zero-order chi connectivity index (χ0) is 14.8. The van der Waals surface area contributed by atoms with Gasteiger partial charge in [-0.2, -0.15) is 0 Å². The van der Waals surface area contributed by atoms with Crippen LogP contribution < -0.4 is 0 Å². The monoisotopic (exact) mass is 305 g/mol. The lowest BCUT2D eigenvalue weighted by atomic mass is 10.2. The van der Waals surface area contributed by atoms with Crippen LogP contribution in [0.4, 0.5) is 0 Å². The normalized spacial score (nSPS) is 12.5. The molecule has 0 aliphatic carbocycles. The molecule has 0 saturated heterocycles. The smallest absolute Gasteiger partial charge is 0.249 e. The lowest BCUT2D eigenvalue weighted by molar-refractivity contribution is 0.194. The summed E-state index contributed by atoms with van der Waals surface area (Å²) in [6.07, 6.45) is 0.962. The molecule has 0 saturated carbocycles. The number of hydrogen-bond donors (Lipinski definition) is 1. The molecule has 2 aromatic heterocycles. The molecule has 1 aromatic carbocycles. The predicted molar refractivity (Wildman–Crippen MR) is 74.5 cm³/mol. The van der Waals surface area contributed by atoms with Gasteiger partial charge in [0.25, 0.3) is 0 Å². The number of halogens is 1.